The minimum atomic E-state index is 0.0492. The van der Waals surface area contributed by atoms with Crippen LogP contribution < -0.4 is 5.32 Å². The van der Waals surface area contributed by atoms with E-state index in [1.165, 1.54) is 0 Å². The molecule has 16 heavy (non-hydrogen) atoms. The van der Waals surface area contributed by atoms with E-state index in [4.69, 9.17) is 4.42 Å². The highest BCUT2D eigenvalue weighted by molar-refractivity contribution is 9.10. The Balaban J connectivity index is 2.10. The fourth-order valence-electron chi connectivity index (χ4n) is 1.48. The number of furan rings is 1. The summed E-state index contributed by atoms with van der Waals surface area (Å²) in [6.07, 6.45) is 0. The summed E-state index contributed by atoms with van der Waals surface area (Å²) in [5.74, 6) is 1.09. The van der Waals surface area contributed by atoms with E-state index in [9.17, 15) is 5.11 Å². The highest BCUT2D eigenvalue weighted by atomic mass is 79.9. The van der Waals surface area contributed by atoms with Crippen LogP contribution in [0.5, 0.6) is 5.75 Å². The molecule has 3 nitrogen and oxygen atoms in total. The molecule has 0 aliphatic heterocycles. The molecule has 2 N–H and O–H groups in total. The molecular weight excluding hydrogens is 270 g/mol. The number of hydrogen-bond donors (Lipinski definition) is 2. The van der Waals surface area contributed by atoms with Gasteiger partial charge in [0.2, 0.25) is 0 Å². The molecule has 1 unspecified atom stereocenters. The summed E-state index contributed by atoms with van der Waals surface area (Å²) in [6, 6.07) is 10.8. The predicted molar refractivity (Wildman–Crippen MR) is 66.6 cm³/mol. The third-order valence-electron chi connectivity index (χ3n) is 2.25. The molecule has 1 aromatic heterocycles. The Morgan fingerprint density at radius 3 is 2.75 bits per heavy atom. The SMILES string of the molecule is CC(Nc1cccc(O)c1)c1ccc(Br)o1. The summed E-state index contributed by atoms with van der Waals surface area (Å²) in [7, 11) is 0. The largest absolute Gasteiger partial charge is 0.508 e. The molecule has 0 aliphatic carbocycles. The first-order valence-corrected chi connectivity index (χ1v) is 5.75. The molecular formula is C12H12BrNO2. The van der Waals surface area contributed by atoms with Crippen LogP contribution in [0, 0.1) is 0 Å². The van der Waals surface area contributed by atoms with Gasteiger partial charge in [0.15, 0.2) is 4.67 Å². The lowest BCUT2D eigenvalue weighted by Gasteiger charge is -2.12. The molecule has 2 rings (SSSR count). The lowest BCUT2D eigenvalue weighted by Crippen LogP contribution is -2.05. The van der Waals surface area contributed by atoms with Crippen molar-refractivity contribution >= 4 is 21.6 Å². The number of phenolic OH excluding ortho intramolecular Hbond substituents is 1. The van der Waals surface area contributed by atoms with Gasteiger partial charge >= 0.3 is 0 Å². The molecule has 0 saturated heterocycles. The van der Waals surface area contributed by atoms with Gasteiger partial charge in [0.05, 0.1) is 6.04 Å². The minimum absolute atomic E-state index is 0.0492. The molecule has 0 spiro atoms. The number of rotatable bonds is 3. The first-order chi connectivity index (χ1) is 7.65. The van der Waals surface area contributed by atoms with Crippen LogP contribution in [0.1, 0.15) is 18.7 Å². The van der Waals surface area contributed by atoms with Crippen molar-refractivity contribution < 1.29 is 9.52 Å². The second kappa shape index (κ2) is 4.61. The Labute approximate surface area is 102 Å². The standard InChI is InChI=1S/C12H12BrNO2/c1-8(11-5-6-12(13)16-11)14-9-3-2-4-10(15)7-9/h2-8,14-15H,1H3. The predicted octanol–water partition coefficient (Wildman–Crippen LogP) is 3.92. The van der Waals surface area contributed by atoms with Crippen molar-refractivity contribution in [3.05, 3.63) is 46.8 Å². The van der Waals surface area contributed by atoms with Crippen LogP contribution in [0.15, 0.2) is 45.5 Å². The summed E-state index contributed by atoms with van der Waals surface area (Å²) in [5, 5.41) is 12.6. The third-order valence-corrected chi connectivity index (χ3v) is 2.68. The van der Waals surface area contributed by atoms with Gasteiger partial charge in [-0.15, -0.1) is 0 Å². The normalized spacial score (nSPS) is 12.4. The molecule has 0 aliphatic rings. The van der Waals surface area contributed by atoms with E-state index in [2.05, 4.69) is 21.2 Å². The number of aromatic hydroxyl groups is 1. The van der Waals surface area contributed by atoms with E-state index >= 15 is 0 Å². The lowest BCUT2D eigenvalue weighted by atomic mass is 10.2. The van der Waals surface area contributed by atoms with Crippen LogP contribution in [-0.2, 0) is 0 Å². The third kappa shape index (κ3) is 2.58. The molecule has 1 aromatic carbocycles. The van der Waals surface area contributed by atoms with Crippen molar-refractivity contribution in [3.8, 4) is 5.75 Å². The second-order valence-electron chi connectivity index (χ2n) is 3.56. The number of phenols is 1. The molecule has 0 saturated carbocycles. The number of halogens is 1. The molecule has 84 valence electrons. The van der Waals surface area contributed by atoms with Gasteiger partial charge in [-0.1, -0.05) is 6.07 Å². The first-order valence-electron chi connectivity index (χ1n) is 4.96. The van der Waals surface area contributed by atoms with Crippen molar-refractivity contribution in [2.24, 2.45) is 0 Å². The highest BCUT2D eigenvalue weighted by Gasteiger charge is 2.09. The summed E-state index contributed by atoms with van der Waals surface area (Å²) in [5.41, 5.74) is 0.861. The zero-order valence-corrected chi connectivity index (χ0v) is 10.4. The monoisotopic (exact) mass is 281 g/mol. The fraction of sp³-hybridized carbons (Fsp3) is 0.167. The molecule has 4 heteroatoms. The molecule has 0 bridgehead atoms. The molecule has 1 heterocycles. The van der Waals surface area contributed by atoms with Gasteiger partial charge in [0.25, 0.3) is 0 Å². The van der Waals surface area contributed by atoms with Gasteiger partial charge in [-0.25, -0.2) is 0 Å². The first kappa shape index (κ1) is 11.1. The Morgan fingerprint density at radius 2 is 2.12 bits per heavy atom. The topological polar surface area (TPSA) is 45.4 Å². The summed E-state index contributed by atoms with van der Waals surface area (Å²) >= 11 is 3.26. The molecule has 0 amide bonds. The summed E-state index contributed by atoms with van der Waals surface area (Å²) in [6.45, 7) is 2.00. The second-order valence-corrected chi connectivity index (χ2v) is 4.34. The van der Waals surface area contributed by atoms with Crippen LogP contribution >= 0.6 is 15.9 Å². The zero-order valence-electron chi connectivity index (χ0n) is 8.77. The Hall–Kier alpha value is -1.42. The maximum atomic E-state index is 9.33. The molecule has 2 aromatic rings. The van der Waals surface area contributed by atoms with Crippen molar-refractivity contribution in [1.29, 1.82) is 0 Å². The quantitative estimate of drug-likeness (QED) is 0.896. The van der Waals surface area contributed by atoms with E-state index in [1.54, 1.807) is 18.2 Å². The summed E-state index contributed by atoms with van der Waals surface area (Å²) < 4.78 is 6.15. The summed E-state index contributed by atoms with van der Waals surface area (Å²) in [4.78, 5) is 0. The number of benzene rings is 1. The van der Waals surface area contributed by atoms with E-state index in [-0.39, 0.29) is 11.8 Å². The number of hydrogen-bond acceptors (Lipinski definition) is 3. The molecule has 0 radical (unpaired) electrons. The Kier molecular flexibility index (Phi) is 3.19. The maximum absolute atomic E-state index is 9.33. The van der Waals surface area contributed by atoms with Gasteiger partial charge in [0.1, 0.15) is 11.5 Å². The number of nitrogens with one attached hydrogen (secondary N) is 1. The Morgan fingerprint density at radius 1 is 1.31 bits per heavy atom. The number of anilines is 1. The fourth-order valence-corrected chi connectivity index (χ4v) is 1.80. The molecule has 0 fully saturated rings. The highest BCUT2D eigenvalue weighted by Crippen LogP contribution is 2.24. The van der Waals surface area contributed by atoms with E-state index in [0.717, 1.165) is 11.4 Å². The van der Waals surface area contributed by atoms with Gasteiger partial charge in [-0.05, 0) is 47.1 Å². The Bertz CT molecular complexity index is 481. The van der Waals surface area contributed by atoms with Crippen molar-refractivity contribution in [1.82, 2.24) is 0 Å². The maximum Gasteiger partial charge on any atom is 0.169 e. The van der Waals surface area contributed by atoms with Crippen molar-refractivity contribution in [2.45, 2.75) is 13.0 Å². The smallest absolute Gasteiger partial charge is 0.169 e. The van der Waals surface area contributed by atoms with Gasteiger partial charge in [-0.2, -0.15) is 0 Å². The minimum Gasteiger partial charge on any atom is -0.508 e. The average molecular weight is 282 g/mol. The lowest BCUT2D eigenvalue weighted by molar-refractivity contribution is 0.469. The van der Waals surface area contributed by atoms with Crippen LogP contribution in [0.4, 0.5) is 5.69 Å². The van der Waals surface area contributed by atoms with Gasteiger partial charge in [-0.3, -0.25) is 0 Å². The molecule has 1 atom stereocenters. The van der Waals surface area contributed by atoms with E-state index in [1.807, 2.05) is 25.1 Å². The van der Waals surface area contributed by atoms with Crippen molar-refractivity contribution in [3.63, 3.8) is 0 Å². The van der Waals surface area contributed by atoms with Crippen LogP contribution in [0.2, 0.25) is 0 Å². The van der Waals surface area contributed by atoms with Gasteiger partial charge in [0, 0.05) is 11.8 Å². The van der Waals surface area contributed by atoms with Crippen LogP contribution in [-0.4, -0.2) is 5.11 Å². The van der Waals surface area contributed by atoms with Crippen molar-refractivity contribution in [2.75, 3.05) is 5.32 Å². The van der Waals surface area contributed by atoms with E-state index in [0.29, 0.717) is 4.67 Å². The zero-order chi connectivity index (χ0) is 11.5. The van der Waals surface area contributed by atoms with Crippen LogP contribution in [0.3, 0.4) is 0 Å². The van der Waals surface area contributed by atoms with E-state index < -0.39 is 0 Å². The van der Waals surface area contributed by atoms with Crippen LogP contribution in [0.25, 0.3) is 0 Å². The van der Waals surface area contributed by atoms with Gasteiger partial charge < -0.3 is 14.8 Å². The average Bonchev–Trinajstić information content (AvgIpc) is 2.65.